The summed E-state index contributed by atoms with van der Waals surface area (Å²) in [6.07, 6.45) is 3.44. The maximum absolute atomic E-state index is 12.8. The van der Waals surface area contributed by atoms with Crippen molar-refractivity contribution in [1.29, 1.82) is 0 Å². The van der Waals surface area contributed by atoms with Crippen LogP contribution < -0.4 is 10.5 Å². The lowest BCUT2D eigenvalue weighted by Gasteiger charge is -2.16. The number of fused-ring (bicyclic) bond motifs is 2. The van der Waals surface area contributed by atoms with Crippen LogP contribution in [-0.4, -0.2) is 46.8 Å². The molecule has 3 N–H and O–H groups in total. The molecular weight excluding hydrogens is 444 g/mol. The predicted molar refractivity (Wildman–Crippen MR) is 116 cm³/mol. The predicted octanol–water partition coefficient (Wildman–Crippen LogP) is 1.96. The molecule has 4 aromatic rings. The number of nitrogen functional groups attached to an aromatic ring is 1. The molecule has 9 nitrogen and oxygen atoms in total. The first-order valence-electron chi connectivity index (χ1n) is 9.05. The van der Waals surface area contributed by atoms with Gasteiger partial charge in [-0.25, -0.2) is 18.4 Å². The summed E-state index contributed by atoms with van der Waals surface area (Å²) in [4.78, 5) is 28.5. The number of pyridine rings is 1. The Hall–Kier alpha value is -2.67. The largest absolute Gasteiger partial charge is 0.383 e. The van der Waals surface area contributed by atoms with Crippen LogP contribution in [0.4, 0.5) is 5.82 Å². The van der Waals surface area contributed by atoms with E-state index in [0.29, 0.717) is 30.8 Å². The highest BCUT2D eigenvalue weighted by molar-refractivity contribution is 7.91. The maximum atomic E-state index is 12.8. The lowest BCUT2D eigenvalue weighted by atomic mass is 10.3. The van der Waals surface area contributed by atoms with Crippen molar-refractivity contribution in [3.63, 3.8) is 0 Å². The molecule has 154 valence electrons. The zero-order valence-electron chi connectivity index (χ0n) is 15.5. The molecule has 5 rings (SSSR count). The molecule has 1 aliphatic rings. The van der Waals surface area contributed by atoms with E-state index in [9.17, 15) is 13.2 Å². The molecule has 0 bridgehead atoms. The molecule has 0 aromatic carbocycles. The van der Waals surface area contributed by atoms with Gasteiger partial charge in [-0.3, -0.25) is 9.78 Å². The average Bonchev–Trinajstić information content (AvgIpc) is 3.41. The topological polar surface area (TPSA) is 131 Å². The highest BCUT2D eigenvalue weighted by Gasteiger charge is 2.35. The number of rotatable bonds is 5. The zero-order valence-corrected chi connectivity index (χ0v) is 17.9. The van der Waals surface area contributed by atoms with Crippen LogP contribution in [0.1, 0.15) is 11.3 Å². The van der Waals surface area contributed by atoms with E-state index in [0.717, 1.165) is 31.1 Å². The molecule has 12 heteroatoms. The highest BCUT2D eigenvalue weighted by atomic mass is 32.2. The number of hydrogen-bond acceptors (Lipinski definition) is 9. The summed E-state index contributed by atoms with van der Waals surface area (Å²) in [7, 11) is -3.81. The van der Waals surface area contributed by atoms with Gasteiger partial charge in [0, 0.05) is 17.6 Å². The van der Waals surface area contributed by atoms with E-state index in [1.807, 2.05) is 12.1 Å². The maximum Gasteiger partial charge on any atom is 0.250 e. The van der Waals surface area contributed by atoms with Gasteiger partial charge in [-0.15, -0.1) is 22.7 Å². The normalized spacial score (nSPS) is 17.4. The Labute approximate surface area is 179 Å². The number of nitrogens with two attached hydrogens (primary N) is 1. The first-order chi connectivity index (χ1) is 14.4. The smallest absolute Gasteiger partial charge is 0.250 e. The van der Waals surface area contributed by atoms with Crippen LogP contribution in [0, 0.1) is 0 Å². The van der Waals surface area contributed by atoms with Gasteiger partial charge in [0.15, 0.2) is 0 Å². The molecule has 1 aliphatic heterocycles. The van der Waals surface area contributed by atoms with E-state index in [1.165, 1.54) is 23.7 Å². The second-order valence-electron chi connectivity index (χ2n) is 6.87. The van der Waals surface area contributed by atoms with Crippen molar-refractivity contribution in [1.82, 2.24) is 24.6 Å². The molecule has 30 heavy (non-hydrogen) atoms. The summed E-state index contributed by atoms with van der Waals surface area (Å²) < 4.78 is 29.1. The van der Waals surface area contributed by atoms with Crippen molar-refractivity contribution >= 4 is 64.9 Å². The van der Waals surface area contributed by atoms with Gasteiger partial charge in [-0.05, 0) is 30.7 Å². The standard InChI is InChI=1S/C18H16N6O3S3/c19-16-11-6-10(28-17(11)22-9-21-16)8-24-5-3-12(18(24)25)23-30(26,27)15-7-13-14(29-15)2-1-4-20-13/h1-2,4,6-7,9,12,23H,3,5,8H2,(H2,19,21,22)/t12-/m0/s1. The molecule has 1 fully saturated rings. The summed E-state index contributed by atoms with van der Waals surface area (Å²) in [5.41, 5.74) is 6.49. The molecular formula is C18H16N6O3S3. The summed E-state index contributed by atoms with van der Waals surface area (Å²) in [6.45, 7) is 0.847. The number of sulfonamides is 1. The van der Waals surface area contributed by atoms with Crippen molar-refractivity contribution in [2.45, 2.75) is 23.2 Å². The Bertz CT molecular complexity index is 1350. The minimum atomic E-state index is -3.81. The van der Waals surface area contributed by atoms with Gasteiger partial charge in [-0.1, -0.05) is 0 Å². The molecule has 0 unspecified atom stereocenters. The molecule has 0 radical (unpaired) electrons. The summed E-state index contributed by atoms with van der Waals surface area (Å²) in [5, 5.41) is 0.764. The fourth-order valence-electron chi connectivity index (χ4n) is 3.42. The Morgan fingerprint density at radius 3 is 2.90 bits per heavy atom. The van der Waals surface area contributed by atoms with E-state index in [-0.39, 0.29) is 10.1 Å². The van der Waals surface area contributed by atoms with E-state index >= 15 is 0 Å². The molecule has 0 saturated carbocycles. The minimum Gasteiger partial charge on any atom is -0.383 e. The highest BCUT2D eigenvalue weighted by Crippen LogP contribution is 2.30. The summed E-state index contributed by atoms with van der Waals surface area (Å²) in [5.74, 6) is 0.160. The van der Waals surface area contributed by atoms with Gasteiger partial charge in [-0.2, -0.15) is 4.72 Å². The number of carbonyl (C=O) groups excluding carboxylic acids is 1. The molecule has 1 saturated heterocycles. The Morgan fingerprint density at radius 1 is 1.23 bits per heavy atom. The number of nitrogens with zero attached hydrogens (tertiary/aromatic N) is 4. The van der Waals surface area contributed by atoms with Gasteiger partial charge in [0.05, 0.1) is 22.1 Å². The third-order valence-electron chi connectivity index (χ3n) is 4.88. The number of nitrogens with one attached hydrogen (secondary N) is 1. The third kappa shape index (κ3) is 3.41. The second kappa shape index (κ2) is 7.23. The Kier molecular flexibility index (Phi) is 4.65. The van der Waals surface area contributed by atoms with Gasteiger partial charge in [0.2, 0.25) is 5.91 Å². The van der Waals surface area contributed by atoms with E-state index < -0.39 is 16.1 Å². The van der Waals surface area contributed by atoms with Gasteiger partial charge in [0.25, 0.3) is 10.0 Å². The molecule has 4 aromatic heterocycles. The number of hydrogen-bond donors (Lipinski definition) is 2. The van der Waals surface area contributed by atoms with Crippen LogP contribution in [0.2, 0.25) is 0 Å². The van der Waals surface area contributed by atoms with Crippen molar-refractivity contribution in [3.8, 4) is 0 Å². The van der Waals surface area contributed by atoms with Crippen LogP contribution >= 0.6 is 22.7 Å². The molecule has 0 spiro atoms. The second-order valence-corrected chi connectivity index (χ2v) is 11.0. The van der Waals surface area contributed by atoms with Crippen molar-refractivity contribution in [2.24, 2.45) is 0 Å². The van der Waals surface area contributed by atoms with Crippen LogP contribution in [0.25, 0.3) is 20.4 Å². The first-order valence-corrected chi connectivity index (χ1v) is 12.2. The van der Waals surface area contributed by atoms with Crippen molar-refractivity contribution in [3.05, 3.63) is 41.7 Å². The number of amides is 1. The molecule has 0 aliphatic carbocycles. The molecule has 5 heterocycles. The first kappa shape index (κ1) is 19.3. The van der Waals surface area contributed by atoms with Crippen molar-refractivity contribution in [2.75, 3.05) is 12.3 Å². The minimum absolute atomic E-state index is 0.154. The number of thiophene rings is 2. The number of aromatic nitrogens is 3. The van der Waals surface area contributed by atoms with E-state index in [1.54, 1.807) is 17.2 Å². The van der Waals surface area contributed by atoms with Crippen LogP contribution in [0.3, 0.4) is 0 Å². The molecule has 1 amide bonds. The SMILES string of the molecule is Nc1ncnc2sc(CN3CC[C@H](NS(=O)(=O)c4cc5ncccc5s4)C3=O)cc12. The Balaban J connectivity index is 1.32. The van der Waals surface area contributed by atoms with E-state index in [4.69, 9.17) is 5.73 Å². The monoisotopic (exact) mass is 460 g/mol. The average molecular weight is 461 g/mol. The lowest BCUT2D eigenvalue weighted by molar-refractivity contribution is -0.129. The number of likely N-dealkylation sites (tertiary alicyclic amines) is 1. The quantitative estimate of drug-likeness (QED) is 0.465. The Morgan fingerprint density at radius 2 is 2.10 bits per heavy atom. The van der Waals surface area contributed by atoms with Gasteiger partial charge >= 0.3 is 0 Å². The van der Waals surface area contributed by atoms with E-state index in [2.05, 4.69) is 19.7 Å². The van der Waals surface area contributed by atoms with Gasteiger partial charge < -0.3 is 10.6 Å². The van der Waals surface area contributed by atoms with Crippen molar-refractivity contribution < 1.29 is 13.2 Å². The fourth-order valence-corrected chi connectivity index (χ4v) is 7.02. The molecule has 1 atom stereocenters. The summed E-state index contributed by atoms with van der Waals surface area (Å²) >= 11 is 2.58. The zero-order chi connectivity index (χ0) is 20.9. The number of anilines is 1. The lowest BCUT2D eigenvalue weighted by Crippen LogP contribution is -2.40. The van der Waals surface area contributed by atoms with Crippen LogP contribution in [0.15, 0.2) is 41.0 Å². The number of carbonyl (C=O) groups is 1. The van der Waals surface area contributed by atoms with Gasteiger partial charge in [0.1, 0.15) is 27.2 Å². The third-order valence-corrected chi connectivity index (χ3v) is 8.95. The summed E-state index contributed by atoms with van der Waals surface area (Å²) in [6, 6.07) is 6.20. The fraction of sp³-hybridized carbons (Fsp3) is 0.222. The van der Waals surface area contributed by atoms with Crippen LogP contribution in [0.5, 0.6) is 0 Å². The van der Waals surface area contributed by atoms with Crippen LogP contribution in [-0.2, 0) is 21.4 Å².